The molecule has 1 atom stereocenters. The van der Waals surface area contributed by atoms with Gasteiger partial charge in [0.25, 0.3) is 0 Å². The van der Waals surface area contributed by atoms with Crippen molar-refractivity contribution in [3.8, 4) is 5.69 Å². The van der Waals surface area contributed by atoms with Crippen LogP contribution in [0.5, 0.6) is 0 Å². The quantitative estimate of drug-likeness (QED) is 0.858. The van der Waals surface area contributed by atoms with Crippen LogP contribution in [-0.4, -0.2) is 42.2 Å². The van der Waals surface area contributed by atoms with Crippen LogP contribution in [0.15, 0.2) is 30.3 Å². The topological polar surface area (TPSA) is 81.1 Å². The molecule has 1 aromatic carbocycles. The molecule has 1 heterocycles. The molecule has 0 saturated carbocycles. The molecule has 0 radical (unpaired) electrons. The van der Waals surface area contributed by atoms with Crippen molar-refractivity contribution in [2.45, 2.75) is 32.4 Å². The first-order valence-corrected chi connectivity index (χ1v) is 9.73. The van der Waals surface area contributed by atoms with Crippen LogP contribution in [0.2, 0.25) is 0 Å². The minimum atomic E-state index is -3.36. The summed E-state index contributed by atoms with van der Waals surface area (Å²) >= 11 is 0. The van der Waals surface area contributed by atoms with Crippen molar-refractivity contribution in [1.29, 1.82) is 0 Å². The summed E-state index contributed by atoms with van der Waals surface area (Å²) in [6.45, 7) is 5.76. The average molecular weight is 349 g/mol. The Morgan fingerprint density at radius 1 is 1.25 bits per heavy atom. The number of hydrogen-bond acceptors (Lipinski definition) is 4. The summed E-state index contributed by atoms with van der Waals surface area (Å²) < 4.78 is 24.6. The molecule has 0 spiro atoms. The smallest absolute Gasteiger partial charge is 0.238 e. The molecule has 0 unspecified atom stereocenters. The molecule has 2 aromatic rings. The number of hydrogen-bond donors (Lipinski definition) is 1. The lowest BCUT2D eigenvalue weighted by molar-refractivity contribution is -0.120. The largest absolute Gasteiger partial charge is 0.355 e. The third-order valence-corrected chi connectivity index (χ3v) is 5.41. The van der Waals surface area contributed by atoms with Gasteiger partial charge in [0.05, 0.1) is 11.4 Å². The van der Waals surface area contributed by atoms with Crippen molar-refractivity contribution in [2.75, 3.05) is 12.8 Å². The molecular formula is C17H23N3O3S. The predicted octanol–water partition coefficient (Wildman–Crippen LogP) is 1.58. The van der Waals surface area contributed by atoms with E-state index in [1.807, 2.05) is 48.9 Å². The zero-order valence-electron chi connectivity index (χ0n) is 14.4. The molecule has 1 amide bonds. The normalized spacial score (nSPS) is 12.8. The van der Waals surface area contributed by atoms with Crippen molar-refractivity contribution in [2.24, 2.45) is 0 Å². The van der Waals surface area contributed by atoms with Gasteiger partial charge in [-0.3, -0.25) is 4.79 Å². The Morgan fingerprint density at radius 2 is 1.88 bits per heavy atom. The van der Waals surface area contributed by atoms with Crippen LogP contribution in [0.25, 0.3) is 5.69 Å². The fourth-order valence-corrected chi connectivity index (χ4v) is 2.83. The van der Waals surface area contributed by atoms with E-state index in [2.05, 4.69) is 10.4 Å². The van der Waals surface area contributed by atoms with Gasteiger partial charge in [-0.2, -0.15) is 5.10 Å². The van der Waals surface area contributed by atoms with E-state index in [0.717, 1.165) is 28.9 Å². The van der Waals surface area contributed by atoms with Gasteiger partial charge < -0.3 is 5.32 Å². The molecule has 0 aliphatic heterocycles. The van der Waals surface area contributed by atoms with E-state index in [1.54, 1.807) is 0 Å². The Kier molecular flexibility index (Phi) is 5.43. The fraction of sp³-hybridized carbons (Fsp3) is 0.412. The first-order chi connectivity index (χ1) is 11.2. The fourth-order valence-electron chi connectivity index (χ4n) is 2.36. The van der Waals surface area contributed by atoms with Crippen LogP contribution in [0.3, 0.4) is 0 Å². The van der Waals surface area contributed by atoms with Crippen LogP contribution >= 0.6 is 0 Å². The van der Waals surface area contributed by atoms with Crippen molar-refractivity contribution in [3.05, 3.63) is 47.3 Å². The molecule has 1 aromatic heterocycles. The third kappa shape index (κ3) is 4.44. The lowest BCUT2D eigenvalue weighted by Crippen LogP contribution is -2.38. The maximum atomic E-state index is 11.8. The number of carbonyl (C=O) groups excluding carboxylic acids is 1. The molecule has 0 aliphatic carbocycles. The van der Waals surface area contributed by atoms with Crippen LogP contribution in [0, 0.1) is 13.8 Å². The number of nitrogens with zero attached hydrogens (tertiary/aromatic N) is 2. The predicted molar refractivity (Wildman–Crippen MR) is 94.1 cm³/mol. The molecule has 6 nitrogen and oxygen atoms in total. The lowest BCUT2D eigenvalue weighted by Gasteiger charge is -2.11. The molecule has 1 N–H and O–H groups in total. The van der Waals surface area contributed by atoms with Gasteiger partial charge >= 0.3 is 0 Å². The van der Waals surface area contributed by atoms with Gasteiger partial charge in [-0.15, -0.1) is 0 Å². The highest BCUT2D eigenvalue weighted by molar-refractivity contribution is 7.92. The molecule has 7 heteroatoms. The number of nitrogens with one attached hydrogen (secondary N) is 1. The number of aryl methyl sites for hydroxylation is 2. The van der Waals surface area contributed by atoms with E-state index in [0.29, 0.717) is 13.0 Å². The van der Waals surface area contributed by atoms with E-state index in [1.165, 1.54) is 6.92 Å². The van der Waals surface area contributed by atoms with E-state index in [9.17, 15) is 13.2 Å². The summed E-state index contributed by atoms with van der Waals surface area (Å²) in [7, 11) is -3.36. The average Bonchev–Trinajstić information content (AvgIpc) is 2.84. The Bertz CT molecular complexity index is 823. The maximum absolute atomic E-state index is 11.8. The van der Waals surface area contributed by atoms with Crippen molar-refractivity contribution in [3.63, 3.8) is 0 Å². The van der Waals surface area contributed by atoms with Crippen LogP contribution in [-0.2, 0) is 21.1 Å². The summed E-state index contributed by atoms with van der Waals surface area (Å²) in [6, 6.07) is 9.95. The summed E-state index contributed by atoms with van der Waals surface area (Å²) in [6.07, 6.45) is 1.70. The highest BCUT2D eigenvalue weighted by Crippen LogP contribution is 2.13. The van der Waals surface area contributed by atoms with E-state index >= 15 is 0 Å². The maximum Gasteiger partial charge on any atom is 0.238 e. The Balaban J connectivity index is 1.93. The van der Waals surface area contributed by atoms with Crippen molar-refractivity contribution in [1.82, 2.24) is 15.1 Å². The number of amides is 1. The molecule has 130 valence electrons. The number of rotatable bonds is 6. The molecule has 0 bridgehead atoms. The van der Waals surface area contributed by atoms with Gasteiger partial charge in [-0.1, -0.05) is 12.1 Å². The zero-order valence-corrected chi connectivity index (χ0v) is 15.2. The highest BCUT2D eigenvalue weighted by Gasteiger charge is 2.22. The van der Waals surface area contributed by atoms with Crippen LogP contribution in [0.4, 0.5) is 0 Å². The second kappa shape index (κ2) is 7.17. The monoisotopic (exact) mass is 349 g/mol. The van der Waals surface area contributed by atoms with Crippen molar-refractivity contribution < 1.29 is 13.2 Å². The van der Waals surface area contributed by atoms with E-state index in [-0.39, 0.29) is 0 Å². The van der Waals surface area contributed by atoms with Gasteiger partial charge in [0, 0.05) is 18.5 Å². The molecule has 0 saturated heterocycles. The molecular weight excluding hydrogens is 326 g/mol. The van der Waals surface area contributed by atoms with Gasteiger partial charge in [-0.05, 0) is 51.0 Å². The molecule has 24 heavy (non-hydrogen) atoms. The summed E-state index contributed by atoms with van der Waals surface area (Å²) in [5.41, 5.74) is 4.09. The Morgan fingerprint density at radius 3 is 2.38 bits per heavy atom. The Hall–Kier alpha value is -2.15. The zero-order chi connectivity index (χ0) is 17.9. The number of aromatic nitrogens is 2. The van der Waals surface area contributed by atoms with Gasteiger partial charge in [0.1, 0.15) is 5.25 Å². The van der Waals surface area contributed by atoms with E-state index in [4.69, 9.17) is 0 Å². The number of carbonyl (C=O) groups is 1. The summed E-state index contributed by atoms with van der Waals surface area (Å²) in [4.78, 5) is 11.8. The third-order valence-electron chi connectivity index (χ3n) is 3.91. The molecule has 2 rings (SSSR count). The van der Waals surface area contributed by atoms with Crippen molar-refractivity contribution >= 4 is 15.7 Å². The van der Waals surface area contributed by atoms with Gasteiger partial charge in [0.15, 0.2) is 9.84 Å². The minimum absolute atomic E-state index is 0.401. The Labute approximate surface area is 142 Å². The van der Waals surface area contributed by atoms with Crippen LogP contribution < -0.4 is 5.32 Å². The van der Waals surface area contributed by atoms with Gasteiger partial charge in [0.2, 0.25) is 5.91 Å². The SMILES string of the molecule is Cc1cc(C)n(-c2ccc(CCNC(=O)[C@@H](C)S(C)(=O)=O)cc2)n1. The first-order valence-electron chi connectivity index (χ1n) is 7.77. The highest BCUT2D eigenvalue weighted by atomic mass is 32.2. The van der Waals surface area contributed by atoms with E-state index < -0.39 is 21.0 Å². The molecule has 0 aliphatic rings. The number of benzene rings is 1. The summed E-state index contributed by atoms with van der Waals surface area (Å²) in [5, 5.41) is 6.08. The number of sulfone groups is 1. The minimum Gasteiger partial charge on any atom is -0.355 e. The lowest BCUT2D eigenvalue weighted by atomic mass is 10.1. The second-order valence-corrected chi connectivity index (χ2v) is 8.38. The standard InChI is InChI=1S/C17H23N3O3S/c1-12-11-13(2)20(19-12)16-7-5-15(6-8-16)9-10-18-17(21)14(3)24(4,22)23/h5-8,11,14H,9-10H2,1-4H3,(H,18,21)/t14-/m1/s1. The second-order valence-electron chi connectivity index (χ2n) is 6.02. The summed E-state index contributed by atoms with van der Waals surface area (Å²) in [5.74, 6) is -0.461. The molecule has 0 fully saturated rings. The van der Waals surface area contributed by atoms with Gasteiger partial charge in [-0.25, -0.2) is 13.1 Å². The van der Waals surface area contributed by atoms with Crippen LogP contribution in [0.1, 0.15) is 23.9 Å². The first kappa shape index (κ1) is 18.2.